The van der Waals surface area contributed by atoms with Crippen molar-refractivity contribution >= 4 is 28.3 Å². The molecule has 1 atom stereocenters. The maximum Gasteiger partial charge on any atom is 0.265 e. The van der Waals surface area contributed by atoms with Crippen LogP contribution in [0.2, 0.25) is 0 Å². The highest BCUT2D eigenvalue weighted by Gasteiger charge is 2.46. The molecule has 0 radical (unpaired) electrons. The molecule has 4 rings (SSSR count). The van der Waals surface area contributed by atoms with Crippen LogP contribution in [-0.4, -0.2) is 40.3 Å². The number of carbonyl (C=O) groups is 2. The Labute approximate surface area is 156 Å². The molecule has 7 heteroatoms. The van der Waals surface area contributed by atoms with E-state index in [0.717, 1.165) is 24.8 Å². The Kier molecular flexibility index (Phi) is 4.19. The molecule has 1 spiro atoms. The van der Waals surface area contributed by atoms with Crippen molar-refractivity contribution in [2.45, 2.75) is 37.6 Å². The second kappa shape index (κ2) is 6.39. The molecule has 0 saturated carbocycles. The minimum atomic E-state index is -0.198. The number of hydrogen-bond acceptors (Lipinski definition) is 5. The summed E-state index contributed by atoms with van der Waals surface area (Å²) < 4.78 is 0. The van der Waals surface area contributed by atoms with Gasteiger partial charge in [0.1, 0.15) is 4.88 Å². The number of thiazole rings is 1. The lowest BCUT2D eigenvalue weighted by Crippen LogP contribution is -2.52. The lowest BCUT2D eigenvalue weighted by atomic mass is 9.82. The fourth-order valence-corrected chi connectivity index (χ4v) is 4.87. The summed E-state index contributed by atoms with van der Waals surface area (Å²) in [4.78, 5) is 31.9. The molecule has 3 heterocycles. The van der Waals surface area contributed by atoms with Crippen molar-refractivity contribution in [1.29, 1.82) is 0 Å². The van der Waals surface area contributed by atoms with Crippen LogP contribution in [0, 0.1) is 6.92 Å². The number of likely N-dealkylation sites (tertiary alicyclic amines) is 1. The molecular weight excluding hydrogens is 348 g/mol. The minimum Gasteiger partial charge on any atom is -0.375 e. The van der Waals surface area contributed by atoms with E-state index in [2.05, 4.69) is 10.3 Å². The number of nitrogen functional groups attached to an aromatic ring is 1. The lowest BCUT2D eigenvalue weighted by molar-refractivity contribution is -0.121. The van der Waals surface area contributed by atoms with E-state index in [-0.39, 0.29) is 23.3 Å². The van der Waals surface area contributed by atoms with Crippen molar-refractivity contribution < 1.29 is 9.59 Å². The van der Waals surface area contributed by atoms with Crippen LogP contribution in [-0.2, 0) is 4.79 Å². The third-order valence-corrected chi connectivity index (χ3v) is 6.49. The van der Waals surface area contributed by atoms with Gasteiger partial charge in [0.25, 0.3) is 5.91 Å². The van der Waals surface area contributed by atoms with Crippen molar-refractivity contribution in [3.63, 3.8) is 0 Å². The van der Waals surface area contributed by atoms with E-state index in [1.54, 1.807) is 0 Å². The number of aryl methyl sites for hydroxylation is 1. The number of hydrogen-bond donors (Lipinski definition) is 2. The summed E-state index contributed by atoms with van der Waals surface area (Å²) in [6.07, 6.45) is 2.35. The van der Waals surface area contributed by atoms with Crippen LogP contribution < -0.4 is 11.1 Å². The van der Waals surface area contributed by atoms with E-state index >= 15 is 0 Å². The predicted octanol–water partition coefficient (Wildman–Crippen LogP) is 2.31. The molecule has 26 heavy (non-hydrogen) atoms. The number of aromatic nitrogens is 1. The molecular formula is C19H22N4O2S. The maximum atomic E-state index is 12.7. The van der Waals surface area contributed by atoms with Crippen LogP contribution in [0.25, 0.3) is 0 Å². The van der Waals surface area contributed by atoms with Crippen LogP contribution in [0.4, 0.5) is 5.13 Å². The molecule has 136 valence electrons. The number of nitrogens with two attached hydrogens (primary N) is 1. The molecule has 1 aromatic carbocycles. The highest BCUT2D eigenvalue weighted by atomic mass is 32.1. The normalized spacial score (nSPS) is 21.8. The summed E-state index contributed by atoms with van der Waals surface area (Å²) in [6.45, 7) is 3.09. The monoisotopic (exact) mass is 370 g/mol. The molecule has 3 N–H and O–H groups in total. The quantitative estimate of drug-likeness (QED) is 0.849. The Morgan fingerprint density at radius 3 is 2.62 bits per heavy atom. The van der Waals surface area contributed by atoms with Gasteiger partial charge in [-0.3, -0.25) is 9.59 Å². The predicted molar refractivity (Wildman–Crippen MR) is 101 cm³/mol. The summed E-state index contributed by atoms with van der Waals surface area (Å²) in [5, 5.41) is 3.65. The smallest absolute Gasteiger partial charge is 0.265 e. The SMILES string of the molecule is Cc1nc(N)sc1C(=O)N1CCC2(CC1)C[C@H](c1ccccc1)C(=O)N2. The molecule has 2 aliphatic heterocycles. The highest BCUT2D eigenvalue weighted by molar-refractivity contribution is 7.17. The number of nitrogens with zero attached hydrogens (tertiary/aromatic N) is 2. The largest absolute Gasteiger partial charge is 0.375 e. The summed E-state index contributed by atoms with van der Waals surface area (Å²) in [5.74, 6) is -0.000440. The van der Waals surface area contributed by atoms with E-state index in [4.69, 9.17) is 5.73 Å². The van der Waals surface area contributed by atoms with Gasteiger partial charge in [0.05, 0.1) is 11.6 Å². The second-order valence-corrected chi connectivity index (χ2v) is 8.23. The molecule has 2 fully saturated rings. The molecule has 2 saturated heterocycles. The van der Waals surface area contributed by atoms with Gasteiger partial charge in [0.15, 0.2) is 5.13 Å². The molecule has 2 amide bonds. The van der Waals surface area contributed by atoms with Gasteiger partial charge in [-0.05, 0) is 31.7 Å². The molecule has 6 nitrogen and oxygen atoms in total. The number of rotatable bonds is 2. The molecule has 2 aliphatic rings. The third kappa shape index (κ3) is 2.96. The van der Waals surface area contributed by atoms with Gasteiger partial charge < -0.3 is 16.0 Å². The fourth-order valence-electron chi connectivity index (χ4n) is 4.06. The first-order valence-corrected chi connectivity index (χ1v) is 9.68. The number of piperidine rings is 1. The summed E-state index contributed by atoms with van der Waals surface area (Å²) in [7, 11) is 0. The van der Waals surface area contributed by atoms with Gasteiger partial charge in [-0.1, -0.05) is 41.7 Å². The van der Waals surface area contributed by atoms with E-state index in [1.807, 2.05) is 42.2 Å². The topological polar surface area (TPSA) is 88.3 Å². The van der Waals surface area contributed by atoms with E-state index in [9.17, 15) is 9.59 Å². The Bertz CT molecular complexity index is 840. The molecule has 0 unspecified atom stereocenters. The summed E-state index contributed by atoms with van der Waals surface area (Å²) in [6, 6.07) is 9.93. The number of anilines is 1. The van der Waals surface area contributed by atoms with Crippen molar-refractivity contribution in [3.8, 4) is 0 Å². The van der Waals surface area contributed by atoms with Crippen molar-refractivity contribution in [2.24, 2.45) is 0 Å². The lowest BCUT2D eigenvalue weighted by Gasteiger charge is -2.39. The number of carbonyl (C=O) groups excluding carboxylic acids is 2. The average molecular weight is 370 g/mol. The highest BCUT2D eigenvalue weighted by Crippen LogP contribution is 2.39. The Morgan fingerprint density at radius 1 is 1.31 bits per heavy atom. The number of nitrogens with one attached hydrogen (secondary N) is 1. The van der Waals surface area contributed by atoms with Gasteiger partial charge >= 0.3 is 0 Å². The van der Waals surface area contributed by atoms with Gasteiger partial charge in [-0.15, -0.1) is 0 Å². The zero-order valence-corrected chi connectivity index (χ0v) is 15.5. The summed E-state index contributed by atoms with van der Waals surface area (Å²) >= 11 is 1.24. The van der Waals surface area contributed by atoms with Crippen LogP contribution in [0.5, 0.6) is 0 Å². The third-order valence-electron chi connectivity index (χ3n) is 5.52. The van der Waals surface area contributed by atoms with Crippen molar-refractivity contribution in [3.05, 3.63) is 46.5 Å². The van der Waals surface area contributed by atoms with Crippen LogP contribution in [0.3, 0.4) is 0 Å². The average Bonchev–Trinajstić information content (AvgIpc) is 3.14. The second-order valence-electron chi connectivity index (χ2n) is 7.20. The minimum absolute atomic E-state index is 0.00418. The van der Waals surface area contributed by atoms with E-state index in [1.165, 1.54) is 11.3 Å². The summed E-state index contributed by atoms with van der Waals surface area (Å²) in [5.41, 5.74) is 7.27. The molecule has 0 bridgehead atoms. The van der Waals surface area contributed by atoms with Crippen molar-refractivity contribution in [1.82, 2.24) is 15.2 Å². The van der Waals surface area contributed by atoms with Crippen LogP contribution >= 0.6 is 11.3 Å². The fraction of sp³-hybridized carbons (Fsp3) is 0.421. The van der Waals surface area contributed by atoms with Gasteiger partial charge in [0, 0.05) is 18.6 Å². The van der Waals surface area contributed by atoms with Crippen LogP contribution in [0.15, 0.2) is 30.3 Å². The standard InChI is InChI=1S/C19H22N4O2S/c1-12-15(26-18(20)21-12)17(25)23-9-7-19(8-10-23)11-14(16(24)22-19)13-5-3-2-4-6-13/h2-6,14H,7-11H2,1H3,(H2,20,21)(H,22,24)/t14-/m1/s1. The first kappa shape index (κ1) is 17.0. The van der Waals surface area contributed by atoms with Crippen LogP contribution in [0.1, 0.15) is 46.1 Å². The Morgan fingerprint density at radius 2 is 2.00 bits per heavy atom. The Hall–Kier alpha value is -2.41. The first-order valence-electron chi connectivity index (χ1n) is 8.87. The Balaban J connectivity index is 1.44. The van der Waals surface area contributed by atoms with Gasteiger partial charge in [-0.2, -0.15) is 0 Å². The molecule has 2 aromatic rings. The van der Waals surface area contributed by atoms with Gasteiger partial charge in [-0.25, -0.2) is 4.98 Å². The number of benzene rings is 1. The zero-order chi connectivity index (χ0) is 18.3. The zero-order valence-electron chi connectivity index (χ0n) is 14.7. The molecule has 0 aliphatic carbocycles. The van der Waals surface area contributed by atoms with Gasteiger partial charge in [0.2, 0.25) is 5.91 Å². The van der Waals surface area contributed by atoms with E-state index < -0.39 is 0 Å². The maximum absolute atomic E-state index is 12.7. The first-order chi connectivity index (χ1) is 12.5. The van der Waals surface area contributed by atoms with E-state index in [0.29, 0.717) is 28.8 Å². The number of amides is 2. The van der Waals surface area contributed by atoms with Crippen molar-refractivity contribution in [2.75, 3.05) is 18.8 Å². The molecule has 1 aromatic heterocycles.